The van der Waals surface area contributed by atoms with Gasteiger partial charge < -0.3 is 14.5 Å². The third kappa shape index (κ3) is 3.94. The molecule has 5 rings (SSSR count). The number of fused-ring (bicyclic) bond motifs is 1. The van der Waals surface area contributed by atoms with Gasteiger partial charge in [0.05, 0.1) is 17.5 Å². The van der Waals surface area contributed by atoms with Crippen LogP contribution in [-0.2, 0) is 6.54 Å². The van der Waals surface area contributed by atoms with Gasteiger partial charge in [-0.25, -0.2) is 4.98 Å². The van der Waals surface area contributed by atoms with Crippen LogP contribution in [0.1, 0.15) is 37.1 Å². The lowest BCUT2D eigenvalue weighted by Gasteiger charge is -2.34. The lowest BCUT2D eigenvalue weighted by molar-refractivity contribution is 0.0625. The van der Waals surface area contributed by atoms with Crippen molar-refractivity contribution < 1.29 is 4.79 Å². The molecule has 0 aliphatic carbocycles. The van der Waals surface area contributed by atoms with Gasteiger partial charge in [-0.3, -0.25) is 14.5 Å². The summed E-state index contributed by atoms with van der Waals surface area (Å²) in [6.45, 7) is 11.5. The van der Waals surface area contributed by atoms with E-state index in [4.69, 9.17) is 4.98 Å². The van der Waals surface area contributed by atoms with Gasteiger partial charge in [-0.2, -0.15) is 0 Å². The first kappa shape index (κ1) is 22.1. The van der Waals surface area contributed by atoms with Crippen molar-refractivity contribution in [3.05, 3.63) is 67.1 Å². The minimum atomic E-state index is -0.0634. The van der Waals surface area contributed by atoms with Crippen LogP contribution in [-0.4, -0.2) is 56.4 Å². The zero-order valence-electron chi connectivity index (χ0n) is 19.3. The summed E-state index contributed by atoms with van der Waals surface area (Å²) in [5, 5.41) is 1.69. The van der Waals surface area contributed by atoms with Crippen LogP contribution in [0.5, 0.6) is 0 Å². The minimum absolute atomic E-state index is 0.0634. The van der Waals surface area contributed by atoms with Crippen LogP contribution in [0.25, 0.3) is 15.2 Å². The number of amides is 1. The summed E-state index contributed by atoms with van der Waals surface area (Å²) in [5.74, 6) is 0.783. The number of aromatic nitrogens is 3. The van der Waals surface area contributed by atoms with E-state index in [1.54, 1.807) is 22.7 Å². The van der Waals surface area contributed by atoms with Gasteiger partial charge in [0, 0.05) is 48.3 Å². The topological polar surface area (TPSA) is 74.2 Å². The monoisotopic (exact) mass is 481 g/mol. The lowest BCUT2D eigenvalue weighted by atomic mass is 10.1. The number of nitrogens with one attached hydrogen (secondary N) is 1. The highest BCUT2D eigenvalue weighted by Crippen LogP contribution is 2.32. The molecule has 0 bridgehead atoms. The van der Waals surface area contributed by atoms with E-state index < -0.39 is 0 Å². The Bertz CT molecular complexity index is 1390. The maximum atomic E-state index is 13.5. The van der Waals surface area contributed by atoms with Crippen molar-refractivity contribution in [2.45, 2.75) is 34.2 Å². The molecule has 172 valence electrons. The number of aryl methyl sites for hydroxylation is 3. The van der Waals surface area contributed by atoms with E-state index in [0.29, 0.717) is 30.8 Å². The average molecular weight is 482 g/mol. The molecule has 0 radical (unpaired) electrons. The summed E-state index contributed by atoms with van der Waals surface area (Å²) in [6, 6.07) is 3.96. The third-order valence-electron chi connectivity index (χ3n) is 6.54. The van der Waals surface area contributed by atoms with Crippen LogP contribution in [0.4, 0.5) is 0 Å². The van der Waals surface area contributed by atoms with Crippen molar-refractivity contribution >= 4 is 38.8 Å². The number of aromatic amines is 1. The molecule has 0 spiro atoms. The van der Waals surface area contributed by atoms with Crippen molar-refractivity contribution in [2.24, 2.45) is 0 Å². The van der Waals surface area contributed by atoms with Crippen molar-refractivity contribution in [3.8, 4) is 5.00 Å². The van der Waals surface area contributed by atoms with E-state index >= 15 is 0 Å². The van der Waals surface area contributed by atoms with Crippen LogP contribution in [0.2, 0.25) is 0 Å². The molecule has 9 heteroatoms. The largest absolute Gasteiger partial charge is 0.336 e. The Labute approximate surface area is 200 Å². The van der Waals surface area contributed by atoms with Gasteiger partial charge in [0.15, 0.2) is 0 Å². The maximum Gasteiger partial charge on any atom is 0.259 e. The minimum Gasteiger partial charge on any atom is -0.336 e. The summed E-state index contributed by atoms with van der Waals surface area (Å²) in [5.41, 5.74) is 2.82. The number of piperazine rings is 1. The Morgan fingerprint density at radius 1 is 1.00 bits per heavy atom. The van der Waals surface area contributed by atoms with E-state index in [1.807, 2.05) is 54.8 Å². The molecule has 1 N–H and O–H groups in total. The average Bonchev–Trinajstić information content (AvgIpc) is 3.48. The highest BCUT2D eigenvalue weighted by atomic mass is 32.1. The Morgan fingerprint density at radius 2 is 1.67 bits per heavy atom. The van der Waals surface area contributed by atoms with Gasteiger partial charge in [0.2, 0.25) is 0 Å². The summed E-state index contributed by atoms with van der Waals surface area (Å²) in [6.07, 6.45) is 3.97. The zero-order valence-corrected chi connectivity index (χ0v) is 20.9. The molecular formula is C24H27N5O2S2. The Morgan fingerprint density at radius 3 is 2.36 bits per heavy atom. The highest BCUT2D eigenvalue weighted by molar-refractivity contribution is 7.18. The number of rotatable bonds is 4. The van der Waals surface area contributed by atoms with E-state index in [1.165, 1.54) is 4.88 Å². The van der Waals surface area contributed by atoms with Crippen LogP contribution in [0.15, 0.2) is 29.3 Å². The third-order valence-corrected chi connectivity index (χ3v) is 8.86. The van der Waals surface area contributed by atoms with E-state index in [0.717, 1.165) is 44.5 Å². The SMILES string of the molecule is Cc1sc(-n2cccc2)c(C(=O)N2CCN(Cc3nc4sc(C)c(C)c4c(=O)[nH]3)CC2)c1C. The molecule has 1 saturated heterocycles. The highest BCUT2D eigenvalue weighted by Gasteiger charge is 2.28. The van der Waals surface area contributed by atoms with Crippen molar-refractivity contribution in [1.82, 2.24) is 24.3 Å². The molecule has 1 aliphatic heterocycles. The molecule has 1 aliphatic rings. The van der Waals surface area contributed by atoms with Gasteiger partial charge in [0.1, 0.15) is 15.7 Å². The van der Waals surface area contributed by atoms with E-state index in [-0.39, 0.29) is 11.5 Å². The molecule has 5 heterocycles. The smallest absolute Gasteiger partial charge is 0.259 e. The van der Waals surface area contributed by atoms with E-state index in [9.17, 15) is 9.59 Å². The quantitative estimate of drug-likeness (QED) is 0.478. The van der Waals surface area contributed by atoms with Gasteiger partial charge in [-0.1, -0.05) is 0 Å². The predicted molar refractivity (Wildman–Crippen MR) is 134 cm³/mol. The molecule has 4 aromatic rings. The van der Waals surface area contributed by atoms with Crippen molar-refractivity contribution in [3.63, 3.8) is 0 Å². The number of thiophene rings is 2. The molecule has 0 unspecified atom stereocenters. The van der Waals surface area contributed by atoms with Gasteiger partial charge in [-0.15, -0.1) is 22.7 Å². The number of hydrogen-bond donors (Lipinski definition) is 1. The normalized spacial score (nSPS) is 15.0. The number of hydrogen-bond acceptors (Lipinski definition) is 6. The second kappa shape index (κ2) is 8.55. The fraction of sp³-hybridized carbons (Fsp3) is 0.375. The summed E-state index contributed by atoms with van der Waals surface area (Å²) in [7, 11) is 0. The fourth-order valence-corrected chi connectivity index (χ4v) is 6.53. The predicted octanol–water partition coefficient (Wildman–Crippen LogP) is 4.03. The van der Waals surface area contributed by atoms with Crippen LogP contribution < -0.4 is 5.56 Å². The van der Waals surface area contributed by atoms with Crippen LogP contribution in [0, 0.1) is 27.7 Å². The lowest BCUT2D eigenvalue weighted by Crippen LogP contribution is -2.48. The van der Waals surface area contributed by atoms with Crippen LogP contribution >= 0.6 is 22.7 Å². The van der Waals surface area contributed by atoms with Crippen molar-refractivity contribution in [1.29, 1.82) is 0 Å². The standard InChI is InChI=1S/C24H27N5O2S2/c1-14-16(3)32-22-19(14)21(30)25-18(26-22)13-27-9-11-28(12-10-27)23(31)20-15(2)17(4)33-24(20)29-7-5-6-8-29/h5-8H,9-13H2,1-4H3,(H,25,26,30). The first-order chi connectivity index (χ1) is 15.8. The summed E-state index contributed by atoms with van der Waals surface area (Å²) < 4.78 is 2.03. The van der Waals surface area contributed by atoms with Crippen LogP contribution in [0.3, 0.4) is 0 Å². The molecule has 0 atom stereocenters. The van der Waals surface area contributed by atoms with E-state index in [2.05, 4.69) is 16.8 Å². The van der Waals surface area contributed by atoms with Gasteiger partial charge in [-0.05, 0) is 51.0 Å². The number of carbonyl (C=O) groups excluding carboxylic acids is 1. The molecule has 1 fully saturated rings. The molecule has 0 aromatic carbocycles. The maximum absolute atomic E-state index is 13.5. The Kier molecular flexibility index (Phi) is 5.72. The number of H-pyrrole nitrogens is 1. The molecule has 0 saturated carbocycles. The Balaban J connectivity index is 1.30. The second-order valence-electron chi connectivity index (χ2n) is 8.60. The molecule has 1 amide bonds. The molecule has 4 aromatic heterocycles. The molecule has 33 heavy (non-hydrogen) atoms. The van der Waals surface area contributed by atoms with Crippen molar-refractivity contribution in [2.75, 3.05) is 26.2 Å². The number of nitrogens with zero attached hydrogens (tertiary/aromatic N) is 4. The first-order valence-electron chi connectivity index (χ1n) is 11.1. The molecule has 7 nitrogen and oxygen atoms in total. The summed E-state index contributed by atoms with van der Waals surface area (Å²) in [4.78, 5) is 41.0. The number of carbonyl (C=O) groups is 1. The van der Waals surface area contributed by atoms with Gasteiger partial charge in [0.25, 0.3) is 11.5 Å². The Hall–Kier alpha value is -2.75. The summed E-state index contributed by atoms with van der Waals surface area (Å²) >= 11 is 3.23. The fourth-order valence-electron chi connectivity index (χ4n) is 4.37. The first-order valence-corrected chi connectivity index (χ1v) is 12.7. The molecular weight excluding hydrogens is 454 g/mol. The second-order valence-corrected chi connectivity index (χ2v) is 11.0. The van der Waals surface area contributed by atoms with Gasteiger partial charge >= 0.3 is 0 Å². The zero-order chi connectivity index (χ0) is 23.3.